The van der Waals surface area contributed by atoms with Crippen LogP contribution < -0.4 is 5.32 Å². The van der Waals surface area contributed by atoms with Crippen molar-refractivity contribution in [1.29, 1.82) is 0 Å². The zero-order valence-electron chi connectivity index (χ0n) is 7.18. The lowest BCUT2D eigenvalue weighted by Gasteiger charge is -2.38. The summed E-state index contributed by atoms with van der Waals surface area (Å²) in [6, 6.07) is 0.852. The molecule has 0 radical (unpaired) electrons. The molecule has 2 aliphatic rings. The maximum Gasteiger partial charge on any atom is 0.0204 e. The van der Waals surface area contributed by atoms with Crippen molar-refractivity contribution in [2.45, 2.75) is 37.5 Å². The van der Waals surface area contributed by atoms with Crippen LogP contribution in [0.15, 0.2) is 0 Å². The second-order valence-electron chi connectivity index (χ2n) is 3.89. The van der Waals surface area contributed by atoms with Crippen molar-refractivity contribution in [3.8, 4) is 0 Å². The minimum atomic E-state index is 0.852. The molecule has 0 aromatic carbocycles. The average Bonchev–Trinajstić information content (AvgIpc) is 2.04. The minimum absolute atomic E-state index is 0.852. The van der Waals surface area contributed by atoms with Crippen LogP contribution in [0.2, 0.25) is 0 Å². The Labute approximate surface area is 73.3 Å². The van der Waals surface area contributed by atoms with Crippen molar-refractivity contribution in [1.82, 2.24) is 5.32 Å². The van der Waals surface area contributed by atoms with Gasteiger partial charge < -0.3 is 5.32 Å². The van der Waals surface area contributed by atoms with E-state index < -0.39 is 0 Å². The predicted octanol–water partition coefficient (Wildman–Crippen LogP) is 1.88. The lowest BCUT2D eigenvalue weighted by atomic mass is 9.87. The zero-order chi connectivity index (χ0) is 7.68. The highest BCUT2D eigenvalue weighted by molar-refractivity contribution is 8.00. The van der Waals surface area contributed by atoms with Gasteiger partial charge in [-0.2, -0.15) is 11.8 Å². The molecule has 3 atom stereocenters. The Morgan fingerprint density at radius 2 is 2.27 bits per heavy atom. The molecule has 0 amide bonds. The smallest absolute Gasteiger partial charge is 0.0204 e. The Balaban J connectivity index is 1.93. The first kappa shape index (κ1) is 7.93. The van der Waals surface area contributed by atoms with E-state index >= 15 is 0 Å². The van der Waals surface area contributed by atoms with Crippen LogP contribution in [0, 0.1) is 5.92 Å². The maximum atomic E-state index is 3.62. The molecule has 1 nitrogen and oxygen atoms in total. The zero-order valence-corrected chi connectivity index (χ0v) is 7.99. The van der Waals surface area contributed by atoms with E-state index in [0.29, 0.717) is 0 Å². The fourth-order valence-electron chi connectivity index (χ4n) is 2.20. The summed E-state index contributed by atoms with van der Waals surface area (Å²) in [6.45, 7) is 3.63. The standard InChI is InChI=1S/C9H17NS/c1-7-2-3-8-9(6-7)11-5-4-10-8/h7-10H,2-6H2,1H3. The van der Waals surface area contributed by atoms with Gasteiger partial charge in [-0.1, -0.05) is 6.92 Å². The van der Waals surface area contributed by atoms with E-state index in [9.17, 15) is 0 Å². The first-order valence-corrected chi connectivity index (χ1v) is 5.76. The quantitative estimate of drug-likeness (QED) is 0.597. The molecular weight excluding hydrogens is 154 g/mol. The van der Waals surface area contributed by atoms with Gasteiger partial charge in [-0.05, 0) is 25.2 Å². The van der Waals surface area contributed by atoms with Gasteiger partial charge in [0.1, 0.15) is 0 Å². The Kier molecular flexibility index (Phi) is 2.42. The maximum absolute atomic E-state index is 3.62. The van der Waals surface area contributed by atoms with Crippen molar-refractivity contribution < 1.29 is 0 Å². The first-order valence-electron chi connectivity index (χ1n) is 4.71. The summed E-state index contributed by atoms with van der Waals surface area (Å²) in [7, 11) is 0. The van der Waals surface area contributed by atoms with Crippen molar-refractivity contribution >= 4 is 11.8 Å². The largest absolute Gasteiger partial charge is 0.312 e. The fraction of sp³-hybridized carbons (Fsp3) is 1.00. The van der Waals surface area contributed by atoms with Crippen LogP contribution in [-0.2, 0) is 0 Å². The molecule has 1 aliphatic carbocycles. The highest BCUT2D eigenvalue weighted by Crippen LogP contribution is 2.33. The van der Waals surface area contributed by atoms with Gasteiger partial charge in [0.25, 0.3) is 0 Å². The molecule has 1 aliphatic heterocycles. The first-order chi connectivity index (χ1) is 5.36. The van der Waals surface area contributed by atoms with Gasteiger partial charge in [0, 0.05) is 23.6 Å². The summed E-state index contributed by atoms with van der Waals surface area (Å²) in [5.41, 5.74) is 0. The average molecular weight is 171 g/mol. The summed E-state index contributed by atoms with van der Waals surface area (Å²) in [5, 5.41) is 4.56. The molecular formula is C9H17NS. The van der Waals surface area contributed by atoms with E-state index in [4.69, 9.17) is 0 Å². The number of fused-ring (bicyclic) bond motifs is 1. The third kappa shape index (κ3) is 1.73. The number of hydrogen-bond acceptors (Lipinski definition) is 2. The molecule has 0 spiro atoms. The Morgan fingerprint density at radius 3 is 3.18 bits per heavy atom. The molecule has 2 fully saturated rings. The molecule has 2 heteroatoms. The SMILES string of the molecule is CC1CCC2NCCSC2C1. The second-order valence-corrected chi connectivity index (χ2v) is 5.24. The van der Waals surface area contributed by atoms with E-state index in [1.807, 2.05) is 0 Å². The highest BCUT2D eigenvalue weighted by atomic mass is 32.2. The molecule has 1 saturated heterocycles. The van der Waals surface area contributed by atoms with E-state index in [-0.39, 0.29) is 0 Å². The predicted molar refractivity (Wildman–Crippen MR) is 51.1 cm³/mol. The molecule has 3 unspecified atom stereocenters. The van der Waals surface area contributed by atoms with Crippen molar-refractivity contribution in [3.63, 3.8) is 0 Å². The number of rotatable bonds is 0. The normalized spacial score (nSPS) is 45.0. The van der Waals surface area contributed by atoms with Gasteiger partial charge in [-0.3, -0.25) is 0 Å². The Bertz CT molecular complexity index is 138. The minimum Gasteiger partial charge on any atom is -0.312 e. The highest BCUT2D eigenvalue weighted by Gasteiger charge is 2.30. The summed E-state index contributed by atoms with van der Waals surface area (Å²) in [4.78, 5) is 0. The molecule has 1 N–H and O–H groups in total. The summed E-state index contributed by atoms with van der Waals surface area (Å²) >= 11 is 2.19. The van der Waals surface area contributed by atoms with Gasteiger partial charge in [0.05, 0.1) is 0 Å². The van der Waals surface area contributed by atoms with Crippen molar-refractivity contribution in [2.24, 2.45) is 5.92 Å². The monoisotopic (exact) mass is 171 g/mol. The van der Waals surface area contributed by atoms with Crippen LogP contribution >= 0.6 is 11.8 Å². The fourth-order valence-corrected chi connectivity index (χ4v) is 3.67. The molecule has 0 aromatic heterocycles. The number of nitrogens with one attached hydrogen (secondary N) is 1. The molecule has 64 valence electrons. The summed E-state index contributed by atoms with van der Waals surface area (Å²) < 4.78 is 0. The second kappa shape index (κ2) is 3.36. The van der Waals surface area contributed by atoms with Crippen molar-refractivity contribution in [3.05, 3.63) is 0 Å². The van der Waals surface area contributed by atoms with Crippen LogP contribution in [-0.4, -0.2) is 23.6 Å². The van der Waals surface area contributed by atoms with Crippen LogP contribution in [0.4, 0.5) is 0 Å². The third-order valence-corrected chi connectivity index (χ3v) is 4.28. The van der Waals surface area contributed by atoms with E-state index in [0.717, 1.165) is 17.2 Å². The molecule has 2 rings (SSSR count). The summed E-state index contributed by atoms with van der Waals surface area (Å²) in [5.74, 6) is 2.30. The van der Waals surface area contributed by atoms with Crippen LogP contribution in [0.25, 0.3) is 0 Å². The van der Waals surface area contributed by atoms with Gasteiger partial charge in [0.2, 0.25) is 0 Å². The van der Waals surface area contributed by atoms with Crippen molar-refractivity contribution in [2.75, 3.05) is 12.3 Å². The van der Waals surface area contributed by atoms with Gasteiger partial charge in [0.15, 0.2) is 0 Å². The summed E-state index contributed by atoms with van der Waals surface area (Å²) in [6.07, 6.45) is 4.30. The molecule has 0 aromatic rings. The van der Waals surface area contributed by atoms with Crippen LogP contribution in [0.5, 0.6) is 0 Å². The third-order valence-electron chi connectivity index (χ3n) is 2.89. The molecule has 1 saturated carbocycles. The number of hydrogen-bond donors (Lipinski definition) is 1. The molecule has 11 heavy (non-hydrogen) atoms. The molecule has 0 bridgehead atoms. The Hall–Kier alpha value is 0.310. The van der Waals surface area contributed by atoms with Gasteiger partial charge >= 0.3 is 0 Å². The van der Waals surface area contributed by atoms with E-state index in [1.165, 1.54) is 31.6 Å². The topological polar surface area (TPSA) is 12.0 Å². The van der Waals surface area contributed by atoms with E-state index in [1.54, 1.807) is 0 Å². The van der Waals surface area contributed by atoms with Gasteiger partial charge in [-0.15, -0.1) is 0 Å². The van der Waals surface area contributed by atoms with Gasteiger partial charge in [-0.25, -0.2) is 0 Å². The van der Waals surface area contributed by atoms with E-state index in [2.05, 4.69) is 24.0 Å². The lowest BCUT2D eigenvalue weighted by Crippen LogP contribution is -2.46. The Morgan fingerprint density at radius 1 is 1.36 bits per heavy atom. The van der Waals surface area contributed by atoms with Crippen LogP contribution in [0.3, 0.4) is 0 Å². The van der Waals surface area contributed by atoms with Crippen LogP contribution in [0.1, 0.15) is 26.2 Å². The molecule has 1 heterocycles. The lowest BCUT2D eigenvalue weighted by molar-refractivity contribution is 0.315. The number of thioether (sulfide) groups is 1.